The monoisotopic (exact) mass is 178 g/mol. The van der Waals surface area contributed by atoms with Crippen LogP contribution in [0.15, 0.2) is 18.2 Å². The highest BCUT2D eigenvalue weighted by molar-refractivity contribution is 5.95. The quantitative estimate of drug-likeness (QED) is 0.601. The molecule has 1 rings (SSSR count). The molecule has 0 atom stereocenters. The van der Waals surface area contributed by atoms with E-state index < -0.39 is 0 Å². The molecular weight excluding hydrogens is 160 g/mol. The fourth-order valence-electron chi connectivity index (χ4n) is 1.12. The molecule has 0 bridgehead atoms. The Morgan fingerprint density at radius 2 is 1.69 bits per heavy atom. The summed E-state index contributed by atoms with van der Waals surface area (Å²) in [6.07, 6.45) is 0. The van der Waals surface area contributed by atoms with Crippen LogP contribution in [0, 0.1) is 13.8 Å². The summed E-state index contributed by atoms with van der Waals surface area (Å²) >= 11 is 0. The zero-order valence-corrected chi connectivity index (χ0v) is 9.14. The van der Waals surface area contributed by atoms with E-state index in [1.54, 1.807) is 6.92 Å². The lowest BCUT2D eigenvalue weighted by atomic mass is 10.0. The van der Waals surface area contributed by atoms with Crippen molar-refractivity contribution in [3.63, 3.8) is 0 Å². The molecule has 72 valence electrons. The Balaban J connectivity index is 0.000000671. The number of aryl methyl sites for hydroxylation is 2. The Kier molecular flexibility index (Phi) is 5.05. The van der Waals surface area contributed by atoms with Gasteiger partial charge in [0.1, 0.15) is 0 Å². The van der Waals surface area contributed by atoms with Gasteiger partial charge in [-0.3, -0.25) is 4.79 Å². The average molecular weight is 178 g/mol. The van der Waals surface area contributed by atoms with Gasteiger partial charge in [0.2, 0.25) is 0 Å². The van der Waals surface area contributed by atoms with Crippen LogP contribution in [0.4, 0.5) is 0 Å². The van der Waals surface area contributed by atoms with Crippen molar-refractivity contribution in [3.05, 3.63) is 34.9 Å². The maximum Gasteiger partial charge on any atom is 0.160 e. The zero-order valence-electron chi connectivity index (χ0n) is 9.14. The van der Waals surface area contributed by atoms with Crippen LogP contribution in [0.5, 0.6) is 0 Å². The molecule has 0 aromatic heterocycles. The molecule has 1 aromatic rings. The van der Waals surface area contributed by atoms with E-state index in [0.717, 1.165) is 16.7 Å². The molecular formula is C12H18O. The van der Waals surface area contributed by atoms with Gasteiger partial charge in [-0.15, -0.1) is 0 Å². The SMILES string of the molecule is CC.CC(=O)c1cc(C)ccc1C. The lowest BCUT2D eigenvalue weighted by molar-refractivity contribution is 0.101. The molecule has 0 amide bonds. The third-order valence-electron chi connectivity index (χ3n) is 1.77. The lowest BCUT2D eigenvalue weighted by Gasteiger charge is -2.01. The van der Waals surface area contributed by atoms with Crippen LogP contribution in [0.1, 0.15) is 42.3 Å². The summed E-state index contributed by atoms with van der Waals surface area (Å²) in [5.74, 6) is 0.145. The van der Waals surface area contributed by atoms with Gasteiger partial charge < -0.3 is 0 Å². The smallest absolute Gasteiger partial charge is 0.160 e. The van der Waals surface area contributed by atoms with E-state index in [2.05, 4.69) is 0 Å². The molecule has 0 aliphatic carbocycles. The summed E-state index contributed by atoms with van der Waals surface area (Å²) in [6, 6.07) is 5.92. The minimum absolute atomic E-state index is 0.145. The predicted octanol–water partition coefficient (Wildman–Crippen LogP) is 3.53. The Hall–Kier alpha value is -1.11. The molecule has 0 saturated carbocycles. The number of hydrogen-bond acceptors (Lipinski definition) is 1. The molecule has 0 N–H and O–H groups in total. The van der Waals surface area contributed by atoms with Gasteiger partial charge in [-0.1, -0.05) is 31.5 Å². The minimum Gasteiger partial charge on any atom is -0.295 e. The van der Waals surface area contributed by atoms with Crippen molar-refractivity contribution < 1.29 is 4.79 Å². The van der Waals surface area contributed by atoms with Crippen molar-refractivity contribution >= 4 is 5.78 Å². The third kappa shape index (κ3) is 3.41. The normalized spacial score (nSPS) is 8.69. The Morgan fingerprint density at radius 1 is 1.15 bits per heavy atom. The van der Waals surface area contributed by atoms with Gasteiger partial charge in [0.25, 0.3) is 0 Å². The molecule has 0 radical (unpaired) electrons. The van der Waals surface area contributed by atoms with E-state index in [0.29, 0.717) is 0 Å². The summed E-state index contributed by atoms with van der Waals surface area (Å²) < 4.78 is 0. The van der Waals surface area contributed by atoms with E-state index in [-0.39, 0.29) is 5.78 Å². The first-order chi connectivity index (χ1) is 6.11. The largest absolute Gasteiger partial charge is 0.295 e. The van der Waals surface area contributed by atoms with Gasteiger partial charge in [0.05, 0.1) is 0 Å². The topological polar surface area (TPSA) is 17.1 Å². The molecule has 0 saturated heterocycles. The van der Waals surface area contributed by atoms with Gasteiger partial charge in [0.15, 0.2) is 5.78 Å². The van der Waals surface area contributed by atoms with Crippen molar-refractivity contribution in [3.8, 4) is 0 Å². The summed E-state index contributed by atoms with van der Waals surface area (Å²) in [7, 11) is 0. The lowest BCUT2D eigenvalue weighted by Crippen LogP contribution is -1.95. The van der Waals surface area contributed by atoms with Crippen LogP contribution in [0.25, 0.3) is 0 Å². The van der Waals surface area contributed by atoms with E-state index in [1.807, 2.05) is 45.9 Å². The van der Waals surface area contributed by atoms with Crippen LogP contribution in [0.2, 0.25) is 0 Å². The van der Waals surface area contributed by atoms with E-state index in [4.69, 9.17) is 0 Å². The van der Waals surface area contributed by atoms with Gasteiger partial charge in [-0.2, -0.15) is 0 Å². The van der Waals surface area contributed by atoms with Crippen LogP contribution in [-0.4, -0.2) is 5.78 Å². The van der Waals surface area contributed by atoms with Gasteiger partial charge >= 0.3 is 0 Å². The standard InChI is InChI=1S/C10H12O.C2H6/c1-7-4-5-8(2)10(6-7)9(3)11;1-2/h4-6H,1-3H3;1-2H3. The van der Waals surface area contributed by atoms with Crippen LogP contribution in [-0.2, 0) is 0 Å². The van der Waals surface area contributed by atoms with Crippen LogP contribution in [0.3, 0.4) is 0 Å². The highest BCUT2D eigenvalue weighted by atomic mass is 16.1. The molecule has 0 spiro atoms. The second-order valence-corrected chi connectivity index (χ2v) is 2.87. The molecule has 1 nitrogen and oxygen atoms in total. The maximum absolute atomic E-state index is 11.0. The Labute approximate surface area is 80.8 Å². The van der Waals surface area contributed by atoms with E-state index >= 15 is 0 Å². The second kappa shape index (κ2) is 5.52. The summed E-state index contributed by atoms with van der Waals surface area (Å²) in [5.41, 5.74) is 3.04. The fraction of sp³-hybridized carbons (Fsp3) is 0.417. The molecule has 0 aliphatic rings. The number of benzene rings is 1. The highest BCUT2D eigenvalue weighted by Gasteiger charge is 2.01. The van der Waals surface area contributed by atoms with Gasteiger partial charge in [-0.25, -0.2) is 0 Å². The zero-order chi connectivity index (χ0) is 10.4. The maximum atomic E-state index is 11.0. The molecule has 13 heavy (non-hydrogen) atoms. The number of carbonyl (C=O) groups excluding carboxylic acids is 1. The molecule has 0 fully saturated rings. The number of rotatable bonds is 1. The van der Waals surface area contributed by atoms with Crippen molar-refractivity contribution in [2.45, 2.75) is 34.6 Å². The average Bonchev–Trinajstić information content (AvgIpc) is 2.12. The number of hydrogen-bond donors (Lipinski definition) is 0. The third-order valence-corrected chi connectivity index (χ3v) is 1.77. The number of carbonyl (C=O) groups is 1. The van der Waals surface area contributed by atoms with Crippen molar-refractivity contribution in [2.75, 3.05) is 0 Å². The van der Waals surface area contributed by atoms with Crippen molar-refractivity contribution in [1.29, 1.82) is 0 Å². The first-order valence-electron chi connectivity index (χ1n) is 4.69. The molecule has 0 heterocycles. The molecule has 0 unspecified atom stereocenters. The van der Waals surface area contributed by atoms with Crippen LogP contribution < -0.4 is 0 Å². The fourth-order valence-corrected chi connectivity index (χ4v) is 1.12. The Bertz CT molecular complexity index is 287. The van der Waals surface area contributed by atoms with Crippen LogP contribution >= 0.6 is 0 Å². The Morgan fingerprint density at radius 3 is 2.08 bits per heavy atom. The number of ketones is 1. The predicted molar refractivity (Wildman–Crippen MR) is 57.3 cm³/mol. The van der Waals surface area contributed by atoms with Gasteiger partial charge in [-0.05, 0) is 32.4 Å². The first-order valence-corrected chi connectivity index (χ1v) is 4.69. The van der Waals surface area contributed by atoms with E-state index in [9.17, 15) is 4.79 Å². The minimum atomic E-state index is 0.145. The van der Waals surface area contributed by atoms with Crippen molar-refractivity contribution in [2.24, 2.45) is 0 Å². The molecule has 1 aromatic carbocycles. The van der Waals surface area contributed by atoms with Gasteiger partial charge in [0, 0.05) is 5.56 Å². The summed E-state index contributed by atoms with van der Waals surface area (Å²) in [5, 5.41) is 0. The van der Waals surface area contributed by atoms with Crippen molar-refractivity contribution in [1.82, 2.24) is 0 Å². The molecule has 0 aliphatic heterocycles. The summed E-state index contributed by atoms with van der Waals surface area (Å²) in [4.78, 5) is 11.0. The molecule has 1 heteroatoms. The highest BCUT2D eigenvalue weighted by Crippen LogP contribution is 2.10. The first kappa shape index (κ1) is 11.9. The number of Topliss-reactive ketones (excluding diaryl/α,β-unsaturated/α-hetero) is 1. The summed E-state index contributed by atoms with van der Waals surface area (Å²) in [6.45, 7) is 9.55. The van der Waals surface area contributed by atoms with E-state index in [1.165, 1.54) is 0 Å². The second-order valence-electron chi connectivity index (χ2n) is 2.87.